The molecule has 112 valence electrons. The van der Waals surface area contributed by atoms with Crippen LogP contribution in [-0.4, -0.2) is 11.5 Å². The Morgan fingerprint density at radius 2 is 2.14 bits per heavy atom. The first-order chi connectivity index (χ1) is 10.2. The fraction of sp³-hybridized carbons (Fsp3) is 0.353. The molecule has 0 saturated heterocycles. The fourth-order valence-electron chi connectivity index (χ4n) is 2.02. The van der Waals surface area contributed by atoms with Crippen LogP contribution in [0.4, 0.5) is 0 Å². The number of aromatic nitrogens is 1. The maximum Gasteiger partial charge on any atom is 0.127 e. The van der Waals surface area contributed by atoms with E-state index in [0.29, 0.717) is 6.61 Å². The Morgan fingerprint density at radius 1 is 1.29 bits per heavy atom. The van der Waals surface area contributed by atoms with Crippen LogP contribution in [-0.2, 0) is 13.2 Å². The van der Waals surface area contributed by atoms with E-state index in [-0.39, 0.29) is 0 Å². The molecule has 3 nitrogen and oxygen atoms in total. The minimum Gasteiger partial charge on any atom is -0.488 e. The van der Waals surface area contributed by atoms with Crippen molar-refractivity contribution >= 4 is 11.6 Å². The zero-order valence-electron chi connectivity index (χ0n) is 12.5. The van der Waals surface area contributed by atoms with Gasteiger partial charge in [0, 0.05) is 35.1 Å². The lowest BCUT2D eigenvalue weighted by molar-refractivity contribution is 0.301. The monoisotopic (exact) mass is 304 g/mol. The highest BCUT2D eigenvalue weighted by Gasteiger charge is 2.06. The number of nitrogens with one attached hydrogen (secondary N) is 1. The Morgan fingerprint density at radius 3 is 2.90 bits per heavy atom. The molecular formula is C17H21ClN2O. The van der Waals surface area contributed by atoms with Gasteiger partial charge in [-0.25, -0.2) is 0 Å². The van der Waals surface area contributed by atoms with Gasteiger partial charge in [0.15, 0.2) is 0 Å². The van der Waals surface area contributed by atoms with E-state index >= 15 is 0 Å². The molecule has 0 fully saturated rings. The van der Waals surface area contributed by atoms with Gasteiger partial charge in [0.05, 0.1) is 0 Å². The first-order valence-corrected chi connectivity index (χ1v) is 7.60. The molecule has 0 aliphatic carbocycles. The Balaban J connectivity index is 2.05. The smallest absolute Gasteiger partial charge is 0.127 e. The largest absolute Gasteiger partial charge is 0.488 e. The highest BCUT2D eigenvalue weighted by molar-refractivity contribution is 6.30. The molecule has 2 rings (SSSR count). The van der Waals surface area contributed by atoms with Crippen LogP contribution in [0.15, 0.2) is 36.5 Å². The molecule has 0 unspecified atom stereocenters. The van der Waals surface area contributed by atoms with E-state index in [1.54, 1.807) is 0 Å². The van der Waals surface area contributed by atoms with E-state index < -0.39 is 0 Å². The SMILES string of the molecule is CCCNCc1cnc(C)cc1OCc1cccc(Cl)c1. The summed E-state index contributed by atoms with van der Waals surface area (Å²) in [6.07, 6.45) is 2.99. The highest BCUT2D eigenvalue weighted by Crippen LogP contribution is 2.20. The molecule has 0 radical (unpaired) electrons. The summed E-state index contributed by atoms with van der Waals surface area (Å²) in [7, 11) is 0. The Hall–Kier alpha value is -1.58. The van der Waals surface area contributed by atoms with Crippen LogP contribution in [0.5, 0.6) is 5.75 Å². The molecule has 0 atom stereocenters. The van der Waals surface area contributed by atoms with Crippen molar-refractivity contribution in [3.8, 4) is 5.75 Å². The van der Waals surface area contributed by atoms with E-state index in [1.165, 1.54) is 0 Å². The predicted octanol–water partition coefficient (Wildman–Crippen LogP) is 4.12. The first-order valence-electron chi connectivity index (χ1n) is 7.22. The number of pyridine rings is 1. The van der Waals surface area contributed by atoms with Gasteiger partial charge in [-0.3, -0.25) is 4.98 Å². The number of rotatable bonds is 7. The normalized spacial score (nSPS) is 10.6. The van der Waals surface area contributed by atoms with Gasteiger partial charge >= 0.3 is 0 Å². The summed E-state index contributed by atoms with van der Waals surface area (Å²) >= 11 is 5.99. The molecule has 0 aliphatic rings. The maximum absolute atomic E-state index is 5.99. The van der Waals surface area contributed by atoms with E-state index in [1.807, 2.05) is 43.5 Å². The number of aryl methyl sites for hydroxylation is 1. The van der Waals surface area contributed by atoms with Gasteiger partial charge in [-0.05, 0) is 37.6 Å². The average Bonchev–Trinajstić information content (AvgIpc) is 2.47. The second-order valence-corrected chi connectivity index (χ2v) is 5.47. The van der Waals surface area contributed by atoms with Crippen molar-refractivity contribution < 1.29 is 4.74 Å². The van der Waals surface area contributed by atoms with Crippen LogP contribution in [0.3, 0.4) is 0 Å². The lowest BCUT2D eigenvalue weighted by Gasteiger charge is -2.13. The molecule has 0 bridgehead atoms. The lowest BCUT2D eigenvalue weighted by Crippen LogP contribution is -2.15. The first kappa shape index (κ1) is 15.8. The van der Waals surface area contributed by atoms with Gasteiger partial charge in [0.25, 0.3) is 0 Å². The summed E-state index contributed by atoms with van der Waals surface area (Å²) in [6, 6.07) is 9.71. The predicted molar refractivity (Wildman–Crippen MR) is 86.8 cm³/mol. The van der Waals surface area contributed by atoms with Crippen LogP contribution in [0.2, 0.25) is 5.02 Å². The van der Waals surface area contributed by atoms with Crippen molar-refractivity contribution in [2.24, 2.45) is 0 Å². The van der Waals surface area contributed by atoms with E-state index in [9.17, 15) is 0 Å². The maximum atomic E-state index is 5.99. The molecule has 1 heterocycles. The average molecular weight is 305 g/mol. The number of halogens is 1. The third-order valence-corrected chi connectivity index (χ3v) is 3.34. The fourth-order valence-corrected chi connectivity index (χ4v) is 2.23. The van der Waals surface area contributed by atoms with E-state index in [2.05, 4.69) is 17.2 Å². The Bertz CT molecular complexity index is 587. The van der Waals surface area contributed by atoms with E-state index in [4.69, 9.17) is 16.3 Å². The molecule has 1 aromatic heterocycles. The molecule has 1 aromatic carbocycles. The quantitative estimate of drug-likeness (QED) is 0.781. The van der Waals surface area contributed by atoms with Crippen LogP contribution in [0, 0.1) is 6.92 Å². The van der Waals surface area contributed by atoms with E-state index in [0.717, 1.165) is 47.1 Å². The van der Waals surface area contributed by atoms with Gasteiger partial charge in [-0.1, -0.05) is 30.7 Å². The highest BCUT2D eigenvalue weighted by atomic mass is 35.5. The minimum absolute atomic E-state index is 0.505. The molecule has 0 amide bonds. The van der Waals surface area contributed by atoms with Gasteiger partial charge < -0.3 is 10.1 Å². The van der Waals surface area contributed by atoms with Crippen molar-refractivity contribution in [3.05, 3.63) is 58.4 Å². The van der Waals surface area contributed by atoms with Gasteiger partial charge in [0.2, 0.25) is 0 Å². The van der Waals surface area contributed by atoms with Crippen LogP contribution >= 0.6 is 11.6 Å². The second-order valence-electron chi connectivity index (χ2n) is 5.03. The number of hydrogen-bond acceptors (Lipinski definition) is 3. The third kappa shape index (κ3) is 5.03. The molecule has 4 heteroatoms. The molecular weight excluding hydrogens is 284 g/mol. The molecule has 1 N–H and O–H groups in total. The van der Waals surface area contributed by atoms with Crippen LogP contribution < -0.4 is 10.1 Å². The topological polar surface area (TPSA) is 34.2 Å². The van der Waals surface area contributed by atoms with Crippen molar-refractivity contribution in [2.75, 3.05) is 6.54 Å². The van der Waals surface area contributed by atoms with Gasteiger partial charge in [-0.15, -0.1) is 0 Å². The minimum atomic E-state index is 0.505. The number of nitrogens with zero attached hydrogens (tertiary/aromatic N) is 1. The second kappa shape index (κ2) is 8.01. The number of benzene rings is 1. The summed E-state index contributed by atoms with van der Waals surface area (Å²) < 4.78 is 5.95. The molecule has 0 saturated carbocycles. The summed E-state index contributed by atoms with van der Waals surface area (Å²) in [5.41, 5.74) is 3.09. The number of hydrogen-bond donors (Lipinski definition) is 1. The molecule has 21 heavy (non-hydrogen) atoms. The van der Waals surface area contributed by atoms with Gasteiger partial charge in [-0.2, -0.15) is 0 Å². The molecule has 2 aromatic rings. The summed E-state index contributed by atoms with van der Waals surface area (Å²) in [4.78, 5) is 4.35. The Kier molecular flexibility index (Phi) is 6.03. The lowest BCUT2D eigenvalue weighted by atomic mass is 10.2. The van der Waals surface area contributed by atoms with Crippen LogP contribution in [0.1, 0.15) is 30.2 Å². The Labute approximate surface area is 131 Å². The molecule has 0 aliphatic heterocycles. The zero-order chi connectivity index (χ0) is 15.1. The standard InChI is InChI=1S/C17H21ClN2O/c1-3-7-19-10-15-11-20-13(2)8-17(15)21-12-14-5-4-6-16(18)9-14/h4-6,8-9,11,19H,3,7,10,12H2,1-2H3. The third-order valence-electron chi connectivity index (χ3n) is 3.11. The van der Waals surface area contributed by atoms with Gasteiger partial charge in [0.1, 0.15) is 12.4 Å². The summed E-state index contributed by atoms with van der Waals surface area (Å²) in [5.74, 6) is 0.881. The van der Waals surface area contributed by atoms with Crippen molar-refractivity contribution in [1.29, 1.82) is 0 Å². The van der Waals surface area contributed by atoms with Crippen molar-refractivity contribution in [1.82, 2.24) is 10.3 Å². The summed E-state index contributed by atoms with van der Waals surface area (Å²) in [5, 5.41) is 4.11. The van der Waals surface area contributed by atoms with Crippen molar-refractivity contribution in [3.63, 3.8) is 0 Å². The zero-order valence-corrected chi connectivity index (χ0v) is 13.3. The van der Waals surface area contributed by atoms with Crippen LogP contribution in [0.25, 0.3) is 0 Å². The van der Waals surface area contributed by atoms with Crippen molar-refractivity contribution in [2.45, 2.75) is 33.4 Å². The molecule has 0 spiro atoms. The number of ether oxygens (including phenoxy) is 1. The summed E-state index contributed by atoms with van der Waals surface area (Å²) in [6.45, 7) is 6.38.